The third-order valence-electron chi connectivity index (χ3n) is 2.64. The van der Waals surface area contributed by atoms with Crippen molar-refractivity contribution >= 4 is 38.9 Å². The Balaban J connectivity index is 3.15. The summed E-state index contributed by atoms with van der Waals surface area (Å²) in [4.78, 5) is 10.6. The van der Waals surface area contributed by atoms with Crippen LogP contribution in [-0.4, -0.2) is 28.6 Å². The van der Waals surface area contributed by atoms with Crippen molar-refractivity contribution < 1.29 is 10.0 Å². The maximum Gasteiger partial charge on any atom is 0.293 e. The molecule has 0 aliphatic carbocycles. The number of nitrogens with one attached hydrogen (secondary N) is 1. The smallest absolute Gasteiger partial charge is 0.293 e. The standard InChI is InChI=1S/C11H14BrClN2O3/c1-6-3-9(15(17)18)11(10(12)7(6)2)14-5-8(16)4-13/h3,8,14,16H,4-5H2,1-2H3. The molecule has 0 spiro atoms. The van der Waals surface area contributed by atoms with Crippen LogP contribution in [0.1, 0.15) is 11.1 Å². The molecule has 1 rings (SSSR count). The lowest BCUT2D eigenvalue weighted by Gasteiger charge is -2.14. The quantitative estimate of drug-likeness (QED) is 0.492. The number of halogens is 2. The van der Waals surface area contributed by atoms with Crippen molar-refractivity contribution in [2.24, 2.45) is 0 Å². The van der Waals surface area contributed by atoms with E-state index in [4.69, 9.17) is 11.6 Å². The molecule has 0 saturated heterocycles. The number of aliphatic hydroxyl groups is 1. The van der Waals surface area contributed by atoms with Crippen LogP contribution in [0.4, 0.5) is 11.4 Å². The summed E-state index contributed by atoms with van der Waals surface area (Å²) in [7, 11) is 0. The van der Waals surface area contributed by atoms with Crippen molar-refractivity contribution in [3.05, 3.63) is 31.8 Å². The zero-order chi connectivity index (χ0) is 13.9. The van der Waals surface area contributed by atoms with Gasteiger partial charge in [-0.2, -0.15) is 0 Å². The van der Waals surface area contributed by atoms with Crippen LogP contribution in [0.15, 0.2) is 10.5 Å². The Morgan fingerprint density at radius 3 is 2.72 bits per heavy atom. The van der Waals surface area contributed by atoms with Crippen molar-refractivity contribution in [1.82, 2.24) is 0 Å². The van der Waals surface area contributed by atoms with Crippen molar-refractivity contribution in [1.29, 1.82) is 0 Å². The van der Waals surface area contributed by atoms with Gasteiger partial charge in [0.1, 0.15) is 5.69 Å². The molecule has 2 N–H and O–H groups in total. The summed E-state index contributed by atoms with van der Waals surface area (Å²) in [6, 6.07) is 1.51. The number of nitro benzene ring substituents is 1. The Morgan fingerprint density at radius 2 is 2.22 bits per heavy atom. The van der Waals surface area contributed by atoms with E-state index in [1.165, 1.54) is 6.07 Å². The first-order valence-corrected chi connectivity index (χ1v) is 6.63. The second-order valence-electron chi connectivity index (χ2n) is 3.97. The zero-order valence-corrected chi connectivity index (χ0v) is 12.4. The number of aryl methyl sites for hydroxylation is 1. The molecule has 0 heterocycles. The second-order valence-corrected chi connectivity index (χ2v) is 5.07. The highest BCUT2D eigenvalue weighted by atomic mass is 79.9. The Hall–Kier alpha value is -0.850. The third-order valence-corrected chi connectivity index (χ3v) is 3.99. The highest BCUT2D eigenvalue weighted by molar-refractivity contribution is 9.10. The fraction of sp³-hybridized carbons (Fsp3) is 0.455. The Labute approximate surface area is 118 Å². The van der Waals surface area contributed by atoms with Crippen molar-refractivity contribution in [3.8, 4) is 0 Å². The maximum absolute atomic E-state index is 11.0. The fourth-order valence-corrected chi connectivity index (χ4v) is 2.21. The number of hydrogen-bond donors (Lipinski definition) is 2. The van der Waals surface area contributed by atoms with Crippen molar-refractivity contribution in [2.45, 2.75) is 20.0 Å². The van der Waals surface area contributed by atoms with Crippen LogP contribution in [0, 0.1) is 24.0 Å². The highest BCUT2D eigenvalue weighted by Crippen LogP contribution is 2.37. The van der Waals surface area contributed by atoms with Crippen LogP contribution in [0.3, 0.4) is 0 Å². The van der Waals surface area contributed by atoms with E-state index in [1.807, 2.05) is 13.8 Å². The van der Waals surface area contributed by atoms with Gasteiger partial charge in [0.25, 0.3) is 5.69 Å². The van der Waals surface area contributed by atoms with Gasteiger partial charge in [0.15, 0.2) is 0 Å². The number of aliphatic hydroxyl groups excluding tert-OH is 1. The maximum atomic E-state index is 11.0. The lowest BCUT2D eigenvalue weighted by molar-refractivity contribution is -0.384. The van der Waals surface area contributed by atoms with Crippen LogP contribution < -0.4 is 5.32 Å². The first-order chi connectivity index (χ1) is 8.38. The van der Waals surface area contributed by atoms with E-state index >= 15 is 0 Å². The summed E-state index contributed by atoms with van der Waals surface area (Å²) in [6.07, 6.45) is -0.750. The fourth-order valence-electron chi connectivity index (χ4n) is 1.45. The van der Waals surface area contributed by atoms with Gasteiger partial charge in [0.05, 0.1) is 21.4 Å². The van der Waals surface area contributed by atoms with Crippen LogP contribution in [0.2, 0.25) is 0 Å². The summed E-state index contributed by atoms with van der Waals surface area (Å²) in [5.41, 5.74) is 2.10. The second kappa shape index (κ2) is 6.36. The minimum absolute atomic E-state index is 0.0215. The number of benzene rings is 1. The zero-order valence-electron chi connectivity index (χ0n) is 10.0. The molecule has 1 unspecified atom stereocenters. The first-order valence-electron chi connectivity index (χ1n) is 5.30. The summed E-state index contributed by atoms with van der Waals surface area (Å²) in [6.45, 7) is 3.84. The normalized spacial score (nSPS) is 12.3. The van der Waals surface area contributed by atoms with E-state index in [2.05, 4.69) is 21.2 Å². The predicted molar refractivity (Wildman–Crippen MR) is 75.5 cm³/mol. The molecule has 1 atom stereocenters. The molecule has 100 valence electrons. The molecule has 0 aromatic heterocycles. The molecular weight excluding hydrogens is 323 g/mol. The topological polar surface area (TPSA) is 75.4 Å². The molecule has 1 aromatic rings. The van der Waals surface area contributed by atoms with E-state index in [1.54, 1.807) is 0 Å². The monoisotopic (exact) mass is 336 g/mol. The number of alkyl halides is 1. The SMILES string of the molecule is Cc1cc([N+](=O)[O-])c(NCC(O)CCl)c(Br)c1C. The average Bonchev–Trinajstić information content (AvgIpc) is 2.33. The summed E-state index contributed by atoms with van der Waals surface area (Å²) < 4.78 is 0.635. The van der Waals surface area contributed by atoms with E-state index in [9.17, 15) is 15.2 Å². The van der Waals surface area contributed by atoms with Gasteiger partial charge in [-0.25, -0.2) is 0 Å². The van der Waals surface area contributed by atoms with Crippen molar-refractivity contribution in [2.75, 3.05) is 17.7 Å². The van der Waals surface area contributed by atoms with Gasteiger partial charge in [-0.05, 0) is 40.9 Å². The van der Waals surface area contributed by atoms with Gasteiger partial charge in [-0.3, -0.25) is 10.1 Å². The minimum atomic E-state index is -0.750. The highest BCUT2D eigenvalue weighted by Gasteiger charge is 2.20. The Morgan fingerprint density at radius 1 is 1.61 bits per heavy atom. The molecule has 0 bridgehead atoms. The molecule has 18 heavy (non-hydrogen) atoms. The molecule has 0 saturated carbocycles. The summed E-state index contributed by atoms with van der Waals surface area (Å²) in [5.74, 6) is 0.0727. The number of nitro groups is 1. The third kappa shape index (κ3) is 3.34. The van der Waals surface area contributed by atoms with E-state index in [0.717, 1.165) is 11.1 Å². The summed E-state index contributed by atoms with van der Waals surface area (Å²) in [5, 5.41) is 23.3. The number of anilines is 1. The van der Waals surface area contributed by atoms with Crippen LogP contribution in [0.25, 0.3) is 0 Å². The molecule has 0 amide bonds. The van der Waals surface area contributed by atoms with Gasteiger partial charge in [-0.15, -0.1) is 11.6 Å². The molecule has 1 aromatic carbocycles. The van der Waals surface area contributed by atoms with Crippen LogP contribution in [-0.2, 0) is 0 Å². The molecule has 0 radical (unpaired) electrons. The first kappa shape index (κ1) is 15.2. The van der Waals surface area contributed by atoms with Gasteiger partial charge < -0.3 is 10.4 Å². The van der Waals surface area contributed by atoms with Gasteiger partial charge >= 0.3 is 0 Å². The average molecular weight is 338 g/mol. The molecule has 0 fully saturated rings. The minimum Gasteiger partial charge on any atom is -0.390 e. The lowest BCUT2D eigenvalue weighted by Crippen LogP contribution is -2.21. The Bertz CT molecular complexity index is 468. The number of hydrogen-bond acceptors (Lipinski definition) is 4. The van der Waals surface area contributed by atoms with E-state index in [0.29, 0.717) is 10.2 Å². The molecular formula is C11H14BrClN2O3. The molecule has 7 heteroatoms. The van der Waals surface area contributed by atoms with E-state index in [-0.39, 0.29) is 18.1 Å². The number of nitrogens with zero attached hydrogens (tertiary/aromatic N) is 1. The van der Waals surface area contributed by atoms with Gasteiger partial charge in [0.2, 0.25) is 0 Å². The van der Waals surface area contributed by atoms with Gasteiger partial charge in [-0.1, -0.05) is 0 Å². The number of rotatable bonds is 5. The predicted octanol–water partition coefficient (Wildman–Crippen LogP) is 2.99. The molecule has 5 nitrogen and oxygen atoms in total. The molecule has 0 aliphatic heterocycles. The molecule has 0 aliphatic rings. The summed E-state index contributed by atoms with van der Waals surface area (Å²) >= 11 is 8.82. The Kier molecular flexibility index (Phi) is 5.37. The van der Waals surface area contributed by atoms with Crippen LogP contribution >= 0.6 is 27.5 Å². The largest absolute Gasteiger partial charge is 0.390 e. The lowest BCUT2D eigenvalue weighted by atomic mass is 10.1. The van der Waals surface area contributed by atoms with Gasteiger partial charge in [0, 0.05) is 12.6 Å². The van der Waals surface area contributed by atoms with E-state index < -0.39 is 11.0 Å². The van der Waals surface area contributed by atoms with Crippen LogP contribution in [0.5, 0.6) is 0 Å². The van der Waals surface area contributed by atoms with Crippen molar-refractivity contribution in [3.63, 3.8) is 0 Å².